The monoisotopic (exact) mass is 421 g/mol. The summed E-state index contributed by atoms with van der Waals surface area (Å²) in [6.45, 7) is 7.47. The fourth-order valence-corrected chi connectivity index (χ4v) is 4.12. The van der Waals surface area contributed by atoms with Gasteiger partial charge in [0.15, 0.2) is 0 Å². The molecule has 1 aromatic carbocycles. The molecule has 1 aliphatic rings. The van der Waals surface area contributed by atoms with Gasteiger partial charge in [0.2, 0.25) is 10.0 Å². The molecule has 9 nitrogen and oxygen atoms in total. The number of piperazine rings is 1. The van der Waals surface area contributed by atoms with Crippen LogP contribution in [-0.4, -0.2) is 66.5 Å². The van der Waals surface area contributed by atoms with Gasteiger partial charge >= 0.3 is 0 Å². The maximum atomic E-state index is 13.1. The van der Waals surface area contributed by atoms with Crippen LogP contribution in [0.5, 0.6) is 5.75 Å². The van der Waals surface area contributed by atoms with Crippen molar-refractivity contribution in [3.63, 3.8) is 0 Å². The molecule has 0 aliphatic carbocycles. The molecule has 1 aliphatic heterocycles. The molecule has 0 spiro atoms. The Labute approximate surface area is 171 Å². The fourth-order valence-electron chi connectivity index (χ4n) is 3.58. The van der Waals surface area contributed by atoms with Crippen molar-refractivity contribution in [2.75, 3.05) is 26.7 Å². The molecule has 3 rings (SSSR count). The summed E-state index contributed by atoms with van der Waals surface area (Å²) in [4.78, 5) is 21.4. The number of aromatic nitrogens is 2. The highest BCUT2D eigenvalue weighted by atomic mass is 32.2. The minimum atomic E-state index is -3.91. The first-order valence-electron chi connectivity index (χ1n) is 9.48. The van der Waals surface area contributed by atoms with Gasteiger partial charge in [0.1, 0.15) is 11.6 Å². The minimum absolute atomic E-state index is 0.111. The zero-order valence-electron chi connectivity index (χ0n) is 16.9. The predicted molar refractivity (Wildman–Crippen MR) is 108 cm³/mol. The van der Waals surface area contributed by atoms with Gasteiger partial charge < -0.3 is 14.2 Å². The summed E-state index contributed by atoms with van der Waals surface area (Å²) < 4.78 is 30.7. The molecule has 2 aromatic rings. The van der Waals surface area contributed by atoms with Crippen molar-refractivity contribution in [2.24, 2.45) is 5.14 Å². The molecule has 1 fully saturated rings. The molecular weight excluding hydrogens is 394 g/mol. The molecule has 0 radical (unpaired) electrons. The van der Waals surface area contributed by atoms with E-state index in [9.17, 15) is 13.2 Å². The Kier molecular flexibility index (Phi) is 6.25. The number of sulfonamides is 1. The highest BCUT2D eigenvalue weighted by molar-refractivity contribution is 7.89. The van der Waals surface area contributed by atoms with E-state index in [-0.39, 0.29) is 22.4 Å². The molecule has 1 aromatic heterocycles. The first-order chi connectivity index (χ1) is 13.7. The largest absolute Gasteiger partial charge is 0.496 e. The zero-order valence-corrected chi connectivity index (χ0v) is 17.7. The number of primary sulfonamides is 1. The van der Waals surface area contributed by atoms with Gasteiger partial charge in [-0.25, -0.2) is 18.5 Å². The standard InChI is InChI=1S/C19H27N5O4S/c1-4-22-8-7-21-18(22)13-23-9-10-24(12-14(23)2)19(25)16-11-15(29(20,26)27)5-6-17(16)28-3/h5-8,11,14H,4,9-10,12-13H2,1-3H3,(H2,20,26,27)/t14-/m0/s1. The smallest absolute Gasteiger partial charge is 0.257 e. The lowest BCUT2D eigenvalue weighted by molar-refractivity contribution is 0.0483. The summed E-state index contributed by atoms with van der Waals surface area (Å²) in [5, 5.41) is 5.22. The molecule has 0 saturated carbocycles. The van der Waals surface area contributed by atoms with Crippen molar-refractivity contribution in [3.8, 4) is 5.75 Å². The van der Waals surface area contributed by atoms with Crippen molar-refractivity contribution < 1.29 is 17.9 Å². The quantitative estimate of drug-likeness (QED) is 0.742. The summed E-state index contributed by atoms with van der Waals surface area (Å²) in [7, 11) is -2.47. The molecule has 2 N–H and O–H groups in total. The fraction of sp³-hybridized carbons (Fsp3) is 0.474. The number of ether oxygens (including phenoxy) is 1. The Balaban J connectivity index is 1.75. The van der Waals surface area contributed by atoms with Gasteiger partial charge in [0.05, 0.1) is 24.1 Å². The Hall–Kier alpha value is -2.43. The first-order valence-corrected chi connectivity index (χ1v) is 11.0. The Morgan fingerprint density at radius 3 is 2.72 bits per heavy atom. The number of nitrogens with zero attached hydrogens (tertiary/aromatic N) is 4. The minimum Gasteiger partial charge on any atom is -0.496 e. The number of rotatable bonds is 6. The maximum Gasteiger partial charge on any atom is 0.257 e. The molecule has 0 unspecified atom stereocenters. The van der Waals surface area contributed by atoms with Crippen LogP contribution in [-0.2, 0) is 23.1 Å². The van der Waals surface area contributed by atoms with Crippen LogP contribution in [0.3, 0.4) is 0 Å². The van der Waals surface area contributed by atoms with Gasteiger partial charge in [0.25, 0.3) is 5.91 Å². The van der Waals surface area contributed by atoms with Crippen LogP contribution >= 0.6 is 0 Å². The van der Waals surface area contributed by atoms with Gasteiger partial charge in [-0.1, -0.05) is 0 Å². The third-order valence-corrected chi connectivity index (χ3v) is 6.18. The summed E-state index contributed by atoms with van der Waals surface area (Å²) >= 11 is 0. The van der Waals surface area contributed by atoms with E-state index in [4.69, 9.17) is 9.88 Å². The van der Waals surface area contributed by atoms with Gasteiger partial charge in [-0.3, -0.25) is 9.69 Å². The number of amides is 1. The molecule has 1 amide bonds. The van der Waals surface area contributed by atoms with Gasteiger partial charge in [-0.15, -0.1) is 0 Å². The number of imidazole rings is 1. The number of carbonyl (C=O) groups excluding carboxylic acids is 1. The lowest BCUT2D eigenvalue weighted by atomic mass is 10.1. The zero-order chi connectivity index (χ0) is 21.2. The van der Waals surface area contributed by atoms with E-state index in [1.165, 1.54) is 25.3 Å². The Bertz CT molecular complexity index is 988. The second-order valence-corrected chi connectivity index (χ2v) is 8.67. The summed E-state index contributed by atoms with van der Waals surface area (Å²) in [5.41, 5.74) is 0.196. The number of carbonyl (C=O) groups is 1. The summed E-state index contributed by atoms with van der Waals surface area (Å²) in [6, 6.07) is 4.20. The van der Waals surface area contributed by atoms with E-state index in [0.29, 0.717) is 31.9 Å². The third-order valence-electron chi connectivity index (χ3n) is 5.27. The number of nitrogens with two attached hydrogens (primary N) is 1. The van der Waals surface area contributed by atoms with Crippen molar-refractivity contribution in [1.29, 1.82) is 0 Å². The SMILES string of the molecule is CCn1ccnc1CN1CCN(C(=O)c2cc(S(N)(=O)=O)ccc2OC)C[C@@H]1C. The second kappa shape index (κ2) is 8.52. The van der Waals surface area contributed by atoms with Crippen molar-refractivity contribution in [1.82, 2.24) is 19.4 Å². The van der Waals surface area contributed by atoms with Gasteiger partial charge in [0, 0.05) is 44.6 Å². The first kappa shape index (κ1) is 21.3. The molecule has 2 heterocycles. The molecule has 158 valence electrons. The van der Waals surface area contributed by atoms with Crippen LogP contribution in [0.25, 0.3) is 0 Å². The van der Waals surface area contributed by atoms with Crippen LogP contribution in [0.4, 0.5) is 0 Å². The molecule has 1 atom stereocenters. The van der Waals surface area contributed by atoms with Crippen LogP contribution in [0.2, 0.25) is 0 Å². The van der Waals surface area contributed by atoms with E-state index in [1.54, 1.807) is 11.1 Å². The van der Waals surface area contributed by atoms with E-state index >= 15 is 0 Å². The van der Waals surface area contributed by atoms with Crippen LogP contribution in [0, 0.1) is 0 Å². The number of hydrogen-bond donors (Lipinski definition) is 1. The van der Waals surface area contributed by atoms with E-state index in [0.717, 1.165) is 12.4 Å². The lowest BCUT2D eigenvalue weighted by Gasteiger charge is -2.39. The number of benzene rings is 1. The Morgan fingerprint density at radius 1 is 1.34 bits per heavy atom. The average molecular weight is 422 g/mol. The predicted octanol–water partition coefficient (Wildman–Crippen LogP) is 0.906. The molecule has 0 bridgehead atoms. The topological polar surface area (TPSA) is 111 Å². The average Bonchev–Trinajstić information content (AvgIpc) is 3.15. The van der Waals surface area contributed by atoms with Gasteiger partial charge in [-0.2, -0.15) is 0 Å². The Morgan fingerprint density at radius 2 is 2.10 bits per heavy atom. The molecule has 10 heteroatoms. The van der Waals surface area contributed by atoms with Crippen molar-refractivity contribution >= 4 is 15.9 Å². The highest BCUT2D eigenvalue weighted by Crippen LogP contribution is 2.25. The summed E-state index contributed by atoms with van der Waals surface area (Å²) in [6.07, 6.45) is 3.76. The van der Waals surface area contributed by atoms with E-state index in [2.05, 4.69) is 28.3 Å². The van der Waals surface area contributed by atoms with Crippen molar-refractivity contribution in [2.45, 2.75) is 37.9 Å². The molecule has 1 saturated heterocycles. The van der Waals surface area contributed by atoms with E-state index in [1.807, 2.05) is 6.20 Å². The highest BCUT2D eigenvalue weighted by Gasteiger charge is 2.30. The number of methoxy groups -OCH3 is 1. The van der Waals surface area contributed by atoms with Gasteiger partial charge in [-0.05, 0) is 32.0 Å². The number of hydrogen-bond acceptors (Lipinski definition) is 6. The molecule has 29 heavy (non-hydrogen) atoms. The number of aryl methyl sites for hydroxylation is 1. The normalized spacial score (nSPS) is 18.1. The lowest BCUT2D eigenvalue weighted by Crippen LogP contribution is -2.53. The van der Waals surface area contributed by atoms with E-state index < -0.39 is 10.0 Å². The maximum absolute atomic E-state index is 13.1. The van der Waals surface area contributed by atoms with Crippen LogP contribution in [0.1, 0.15) is 30.0 Å². The third kappa shape index (κ3) is 4.60. The second-order valence-electron chi connectivity index (χ2n) is 7.11. The molecular formula is C19H27N5O4S. The summed E-state index contributed by atoms with van der Waals surface area (Å²) in [5.74, 6) is 1.05. The van der Waals surface area contributed by atoms with Crippen LogP contribution < -0.4 is 9.88 Å². The van der Waals surface area contributed by atoms with Crippen molar-refractivity contribution in [3.05, 3.63) is 42.0 Å². The van der Waals surface area contributed by atoms with Crippen LogP contribution in [0.15, 0.2) is 35.5 Å².